The Morgan fingerprint density at radius 2 is 2.15 bits per heavy atom. The van der Waals surface area contributed by atoms with E-state index in [2.05, 4.69) is 10.3 Å². The number of benzene rings is 1. The van der Waals surface area contributed by atoms with Gasteiger partial charge in [0, 0.05) is 29.3 Å². The smallest absolute Gasteiger partial charge is 0.261 e. The standard InChI is InChI=1S/C12H11ClN2O4S/c1-14-11(16)7-19-9-4-5-10(20(13,17)18)8-3-2-6-15-12(8)9/h2-6H,7H2,1H3,(H,14,16). The molecule has 1 heterocycles. The summed E-state index contributed by atoms with van der Waals surface area (Å²) in [7, 11) is 2.99. The maximum atomic E-state index is 11.5. The van der Waals surface area contributed by atoms with E-state index in [9.17, 15) is 13.2 Å². The number of amides is 1. The molecule has 1 amide bonds. The maximum Gasteiger partial charge on any atom is 0.261 e. The van der Waals surface area contributed by atoms with Crippen molar-refractivity contribution in [3.63, 3.8) is 0 Å². The first-order chi connectivity index (χ1) is 9.43. The molecule has 1 aromatic heterocycles. The molecule has 0 saturated heterocycles. The number of rotatable bonds is 4. The van der Waals surface area contributed by atoms with Gasteiger partial charge in [0.25, 0.3) is 15.0 Å². The SMILES string of the molecule is CNC(=O)COc1ccc(S(=O)(=O)Cl)c2cccnc12. The van der Waals surface area contributed by atoms with Gasteiger partial charge in [0.2, 0.25) is 0 Å². The van der Waals surface area contributed by atoms with Gasteiger partial charge in [-0.2, -0.15) is 0 Å². The first-order valence-corrected chi connectivity index (χ1v) is 7.90. The minimum absolute atomic E-state index is 0.0467. The van der Waals surface area contributed by atoms with Crippen molar-refractivity contribution in [2.24, 2.45) is 0 Å². The Morgan fingerprint density at radius 3 is 2.80 bits per heavy atom. The average Bonchev–Trinajstić information content (AvgIpc) is 2.43. The number of pyridine rings is 1. The molecule has 0 radical (unpaired) electrons. The van der Waals surface area contributed by atoms with E-state index >= 15 is 0 Å². The average molecular weight is 315 g/mol. The summed E-state index contributed by atoms with van der Waals surface area (Å²) < 4.78 is 28.3. The summed E-state index contributed by atoms with van der Waals surface area (Å²) in [5.41, 5.74) is 0.332. The highest BCUT2D eigenvalue weighted by molar-refractivity contribution is 8.14. The lowest BCUT2D eigenvalue weighted by Crippen LogP contribution is -2.24. The minimum Gasteiger partial charge on any atom is -0.481 e. The Labute approximate surface area is 120 Å². The van der Waals surface area contributed by atoms with Gasteiger partial charge in [-0.15, -0.1) is 0 Å². The minimum atomic E-state index is -3.88. The Hall–Kier alpha value is -1.86. The lowest BCUT2D eigenvalue weighted by atomic mass is 10.2. The van der Waals surface area contributed by atoms with Crippen LogP contribution in [0.2, 0.25) is 0 Å². The molecule has 0 fully saturated rings. The second kappa shape index (κ2) is 5.64. The topological polar surface area (TPSA) is 85.4 Å². The van der Waals surface area contributed by atoms with Gasteiger partial charge in [-0.1, -0.05) is 0 Å². The summed E-state index contributed by atoms with van der Waals surface area (Å²) in [6, 6.07) is 5.92. The summed E-state index contributed by atoms with van der Waals surface area (Å²) in [5, 5.41) is 2.76. The second-order valence-electron chi connectivity index (χ2n) is 3.86. The van der Waals surface area contributed by atoms with Crippen molar-refractivity contribution < 1.29 is 17.9 Å². The fraction of sp³-hybridized carbons (Fsp3) is 0.167. The van der Waals surface area contributed by atoms with Crippen LogP contribution >= 0.6 is 10.7 Å². The number of hydrogen-bond donors (Lipinski definition) is 1. The highest BCUT2D eigenvalue weighted by Crippen LogP contribution is 2.30. The zero-order chi connectivity index (χ0) is 14.8. The summed E-state index contributed by atoms with van der Waals surface area (Å²) in [6.07, 6.45) is 1.50. The third-order valence-electron chi connectivity index (χ3n) is 2.59. The van der Waals surface area contributed by atoms with Crippen LogP contribution in [0, 0.1) is 0 Å². The van der Waals surface area contributed by atoms with Crippen LogP contribution in [0.5, 0.6) is 5.75 Å². The highest BCUT2D eigenvalue weighted by atomic mass is 35.7. The van der Waals surface area contributed by atoms with Crippen LogP contribution in [0.1, 0.15) is 0 Å². The van der Waals surface area contributed by atoms with Crippen LogP contribution in [0.25, 0.3) is 10.9 Å². The number of ether oxygens (including phenoxy) is 1. The van der Waals surface area contributed by atoms with Crippen molar-refractivity contribution in [1.29, 1.82) is 0 Å². The van der Waals surface area contributed by atoms with Gasteiger partial charge < -0.3 is 10.1 Å². The Kier molecular flexibility index (Phi) is 4.10. The molecule has 0 aliphatic carbocycles. The lowest BCUT2D eigenvalue weighted by Gasteiger charge is -2.09. The molecule has 8 heteroatoms. The zero-order valence-electron chi connectivity index (χ0n) is 10.5. The first kappa shape index (κ1) is 14.5. The zero-order valence-corrected chi connectivity index (χ0v) is 12.0. The molecule has 0 unspecified atom stereocenters. The van der Waals surface area contributed by atoms with Crippen molar-refractivity contribution in [1.82, 2.24) is 10.3 Å². The summed E-state index contributed by atoms with van der Waals surface area (Å²) >= 11 is 0. The Balaban J connectivity index is 2.52. The van der Waals surface area contributed by atoms with Gasteiger partial charge in [-0.3, -0.25) is 9.78 Å². The number of carbonyl (C=O) groups is 1. The molecule has 0 saturated carbocycles. The van der Waals surface area contributed by atoms with Gasteiger partial charge in [0.1, 0.15) is 11.3 Å². The predicted molar refractivity (Wildman–Crippen MR) is 74.3 cm³/mol. The predicted octanol–water partition coefficient (Wildman–Crippen LogP) is 1.29. The number of nitrogens with zero attached hydrogens (tertiary/aromatic N) is 1. The largest absolute Gasteiger partial charge is 0.481 e. The van der Waals surface area contributed by atoms with Crippen LogP contribution in [-0.2, 0) is 13.8 Å². The third kappa shape index (κ3) is 3.00. The van der Waals surface area contributed by atoms with E-state index in [1.54, 1.807) is 12.1 Å². The number of fused-ring (bicyclic) bond motifs is 1. The number of carbonyl (C=O) groups excluding carboxylic acids is 1. The number of likely N-dealkylation sites (N-methyl/N-ethyl adjacent to an activating group) is 1. The number of hydrogen-bond acceptors (Lipinski definition) is 5. The molecule has 0 aliphatic heterocycles. The molecule has 20 heavy (non-hydrogen) atoms. The van der Waals surface area contributed by atoms with Gasteiger partial charge in [0.15, 0.2) is 6.61 Å². The Bertz CT molecular complexity index is 761. The van der Waals surface area contributed by atoms with Crippen LogP contribution < -0.4 is 10.1 Å². The quantitative estimate of drug-likeness (QED) is 0.859. The molecule has 0 aliphatic rings. The van der Waals surface area contributed by atoms with E-state index in [0.717, 1.165) is 0 Å². The molecule has 0 spiro atoms. The van der Waals surface area contributed by atoms with E-state index in [-0.39, 0.29) is 17.4 Å². The molecule has 106 valence electrons. The number of nitrogens with one attached hydrogen (secondary N) is 1. The summed E-state index contributed by atoms with van der Waals surface area (Å²) in [6.45, 7) is -0.185. The van der Waals surface area contributed by atoms with E-state index in [0.29, 0.717) is 16.7 Å². The molecule has 0 bridgehead atoms. The monoisotopic (exact) mass is 314 g/mol. The molecule has 1 N–H and O–H groups in total. The van der Waals surface area contributed by atoms with Crippen molar-refractivity contribution >= 4 is 36.5 Å². The van der Waals surface area contributed by atoms with Crippen molar-refractivity contribution in [3.05, 3.63) is 30.5 Å². The summed E-state index contributed by atoms with van der Waals surface area (Å²) in [5.74, 6) is 0.0105. The van der Waals surface area contributed by atoms with Crippen molar-refractivity contribution in [3.8, 4) is 5.75 Å². The molecule has 1 aromatic carbocycles. The van der Waals surface area contributed by atoms with Crippen LogP contribution in [-0.4, -0.2) is 33.0 Å². The molecule has 2 rings (SSSR count). The van der Waals surface area contributed by atoms with Crippen LogP contribution in [0.15, 0.2) is 35.4 Å². The highest BCUT2D eigenvalue weighted by Gasteiger charge is 2.17. The summed E-state index contributed by atoms with van der Waals surface area (Å²) in [4.78, 5) is 15.2. The van der Waals surface area contributed by atoms with E-state index < -0.39 is 9.05 Å². The number of halogens is 1. The van der Waals surface area contributed by atoms with Crippen molar-refractivity contribution in [2.75, 3.05) is 13.7 Å². The fourth-order valence-corrected chi connectivity index (χ4v) is 2.73. The van der Waals surface area contributed by atoms with E-state index in [1.807, 2.05) is 0 Å². The van der Waals surface area contributed by atoms with Gasteiger partial charge >= 0.3 is 0 Å². The molecular formula is C12H11ClN2O4S. The van der Waals surface area contributed by atoms with Gasteiger partial charge in [-0.05, 0) is 24.3 Å². The normalized spacial score (nSPS) is 11.3. The van der Waals surface area contributed by atoms with E-state index in [1.165, 1.54) is 25.4 Å². The first-order valence-electron chi connectivity index (χ1n) is 5.59. The molecule has 0 atom stereocenters. The Morgan fingerprint density at radius 1 is 1.40 bits per heavy atom. The second-order valence-corrected chi connectivity index (χ2v) is 6.40. The van der Waals surface area contributed by atoms with Crippen LogP contribution in [0.3, 0.4) is 0 Å². The van der Waals surface area contributed by atoms with Gasteiger partial charge in [0.05, 0.1) is 4.90 Å². The third-order valence-corrected chi connectivity index (χ3v) is 3.97. The molecular weight excluding hydrogens is 304 g/mol. The number of aromatic nitrogens is 1. The lowest BCUT2D eigenvalue weighted by molar-refractivity contribution is -0.122. The van der Waals surface area contributed by atoms with Crippen molar-refractivity contribution in [2.45, 2.75) is 4.90 Å². The van der Waals surface area contributed by atoms with Crippen LogP contribution in [0.4, 0.5) is 0 Å². The fourth-order valence-electron chi connectivity index (χ4n) is 1.67. The van der Waals surface area contributed by atoms with Gasteiger partial charge in [-0.25, -0.2) is 8.42 Å². The molecule has 2 aromatic rings. The maximum absolute atomic E-state index is 11.5. The van der Waals surface area contributed by atoms with E-state index in [4.69, 9.17) is 15.4 Å². The molecule has 6 nitrogen and oxygen atoms in total.